The predicted molar refractivity (Wildman–Crippen MR) is 68.5 cm³/mol. The highest BCUT2D eigenvalue weighted by atomic mass is 16.5. The highest BCUT2D eigenvalue weighted by molar-refractivity contribution is 5.90. The Balaban J connectivity index is 2.19. The molecule has 0 saturated carbocycles. The molecule has 2 N–H and O–H groups in total. The van der Waals surface area contributed by atoms with Crippen LogP contribution in [0, 0.1) is 6.92 Å². The maximum atomic E-state index is 12.0. The van der Waals surface area contributed by atoms with Crippen molar-refractivity contribution in [1.82, 2.24) is 9.78 Å². The summed E-state index contributed by atoms with van der Waals surface area (Å²) in [4.78, 5) is 12.0. The fourth-order valence-electron chi connectivity index (χ4n) is 1.61. The van der Waals surface area contributed by atoms with Crippen LogP contribution in [0.15, 0.2) is 30.3 Å². The molecule has 0 amide bonds. The van der Waals surface area contributed by atoms with Gasteiger partial charge in [0.25, 0.3) is 0 Å². The fourth-order valence-corrected chi connectivity index (χ4v) is 1.61. The highest BCUT2D eigenvalue weighted by Crippen LogP contribution is 2.15. The van der Waals surface area contributed by atoms with Crippen LogP contribution < -0.4 is 10.5 Å². The Morgan fingerprint density at radius 3 is 2.67 bits per heavy atom. The molecule has 0 saturated heterocycles. The van der Waals surface area contributed by atoms with Gasteiger partial charge in [-0.3, -0.25) is 4.68 Å². The maximum Gasteiger partial charge on any atom is 0.362 e. The summed E-state index contributed by atoms with van der Waals surface area (Å²) in [7, 11) is 0. The lowest BCUT2D eigenvalue weighted by atomic mass is 10.2. The lowest BCUT2D eigenvalue weighted by molar-refractivity contribution is 0.0722. The summed E-state index contributed by atoms with van der Waals surface area (Å²) in [6.07, 6.45) is 0. The molecule has 5 heteroatoms. The Labute approximate surface area is 105 Å². The van der Waals surface area contributed by atoms with Crippen LogP contribution in [0.1, 0.15) is 23.0 Å². The lowest BCUT2D eigenvalue weighted by Gasteiger charge is -2.05. The van der Waals surface area contributed by atoms with E-state index < -0.39 is 5.97 Å². The van der Waals surface area contributed by atoms with E-state index in [-0.39, 0.29) is 0 Å². The van der Waals surface area contributed by atoms with Gasteiger partial charge in [-0.2, -0.15) is 5.10 Å². The van der Waals surface area contributed by atoms with Crippen LogP contribution in [0.4, 0.5) is 5.82 Å². The minimum Gasteiger partial charge on any atom is -0.422 e. The first-order valence-corrected chi connectivity index (χ1v) is 5.72. The van der Waals surface area contributed by atoms with Gasteiger partial charge in [0.2, 0.25) is 0 Å². The minimum absolute atomic E-state index is 0.313. The van der Waals surface area contributed by atoms with Crippen LogP contribution in [-0.2, 0) is 6.54 Å². The molecule has 0 unspecified atom stereocenters. The number of benzene rings is 1. The Morgan fingerprint density at radius 2 is 2.06 bits per heavy atom. The maximum absolute atomic E-state index is 12.0. The average molecular weight is 245 g/mol. The first-order valence-electron chi connectivity index (χ1n) is 5.72. The smallest absolute Gasteiger partial charge is 0.362 e. The summed E-state index contributed by atoms with van der Waals surface area (Å²) < 4.78 is 6.78. The van der Waals surface area contributed by atoms with Crippen molar-refractivity contribution < 1.29 is 9.53 Å². The van der Waals surface area contributed by atoms with Gasteiger partial charge < -0.3 is 10.5 Å². The Kier molecular flexibility index (Phi) is 3.32. The molecule has 0 aliphatic rings. The van der Waals surface area contributed by atoms with Crippen molar-refractivity contribution in [2.24, 2.45) is 0 Å². The molecule has 0 atom stereocenters. The van der Waals surface area contributed by atoms with Crippen LogP contribution in [0.3, 0.4) is 0 Å². The molecular formula is C13H15N3O2. The zero-order valence-corrected chi connectivity index (χ0v) is 10.4. The molecule has 5 nitrogen and oxygen atoms in total. The number of ether oxygens (including phenoxy) is 1. The number of carbonyl (C=O) groups is 1. The summed E-state index contributed by atoms with van der Waals surface area (Å²) >= 11 is 0. The van der Waals surface area contributed by atoms with Gasteiger partial charge in [-0.15, -0.1) is 0 Å². The summed E-state index contributed by atoms with van der Waals surface area (Å²) in [5.74, 6) is 0.366. The number of anilines is 1. The first kappa shape index (κ1) is 12.2. The van der Waals surface area contributed by atoms with E-state index in [2.05, 4.69) is 5.10 Å². The topological polar surface area (TPSA) is 70.1 Å². The zero-order valence-electron chi connectivity index (χ0n) is 10.4. The van der Waals surface area contributed by atoms with Gasteiger partial charge >= 0.3 is 5.97 Å². The van der Waals surface area contributed by atoms with Gasteiger partial charge in [-0.25, -0.2) is 4.79 Å². The number of nitrogens with two attached hydrogens (primary N) is 1. The number of rotatable bonds is 3. The molecule has 1 aromatic carbocycles. The van der Waals surface area contributed by atoms with Crippen LogP contribution in [0.25, 0.3) is 0 Å². The normalized spacial score (nSPS) is 10.3. The van der Waals surface area contributed by atoms with Crippen molar-refractivity contribution in [1.29, 1.82) is 0 Å². The highest BCUT2D eigenvalue weighted by Gasteiger charge is 2.15. The number of esters is 1. The number of nitrogen functional groups attached to an aromatic ring is 1. The van der Waals surface area contributed by atoms with E-state index in [1.54, 1.807) is 12.1 Å². The van der Waals surface area contributed by atoms with Gasteiger partial charge in [0.05, 0.1) is 0 Å². The molecule has 1 aromatic heterocycles. The van der Waals surface area contributed by atoms with Crippen molar-refractivity contribution in [2.45, 2.75) is 20.4 Å². The van der Waals surface area contributed by atoms with Gasteiger partial charge in [0, 0.05) is 12.6 Å². The minimum atomic E-state index is -0.454. The molecular weight excluding hydrogens is 230 g/mol. The summed E-state index contributed by atoms with van der Waals surface area (Å²) in [5, 5.41) is 4.00. The third-order valence-corrected chi connectivity index (χ3v) is 2.54. The van der Waals surface area contributed by atoms with Crippen molar-refractivity contribution in [3.05, 3.63) is 41.6 Å². The second-order valence-corrected chi connectivity index (χ2v) is 3.97. The average Bonchev–Trinajstić information content (AvgIpc) is 2.73. The lowest BCUT2D eigenvalue weighted by Crippen LogP contribution is -2.14. The predicted octanol–water partition coefficient (Wildman–Crippen LogP) is 2.01. The van der Waals surface area contributed by atoms with Crippen molar-refractivity contribution in [3.8, 4) is 5.75 Å². The van der Waals surface area contributed by atoms with E-state index in [1.165, 1.54) is 10.7 Å². The molecule has 2 aromatic rings. The van der Waals surface area contributed by atoms with E-state index in [0.717, 1.165) is 5.56 Å². The molecule has 0 bridgehead atoms. The van der Waals surface area contributed by atoms with Crippen molar-refractivity contribution >= 4 is 11.8 Å². The number of aryl methyl sites for hydroxylation is 2. The number of carbonyl (C=O) groups excluding carboxylic acids is 1. The summed E-state index contributed by atoms with van der Waals surface area (Å²) in [5.41, 5.74) is 7.03. The van der Waals surface area contributed by atoms with Crippen molar-refractivity contribution in [3.63, 3.8) is 0 Å². The summed E-state index contributed by atoms with van der Waals surface area (Å²) in [6.45, 7) is 4.42. The molecule has 18 heavy (non-hydrogen) atoms. The molecule has 0 aliphatic carbocycles. The van der Waals surface area contributed by atoms with Gasteiger partial charge in [0.15, 0.2) is 0 Å². The van der Waals surface area contributed by atoms with Crippen LogP contribution in [0.2, 0.25) is 0 Å². The van der Waals surface area contributed by atoms with E-state index >= 15 is 0 Å². The third kappa shape index (κ3) is 2.51. The number of aromatic nitrogens is 2. The zero-order chi connectivity index (χ0) is 13.1. The largest absolute Gasteiger partial charge is 0.422 e. The molecule has 0 spiro atoms. The van der Waals surface area contributed by atoms with E-state index in [9.17, 15) is 4.79 Å². The van der Waals surface area contributed by atoms with Crippen LogP contribution in [-0.4, -0.2) is 15.7 Å². The molecule has 94 valence electrons. The standard InChI is InChI=1S/C13H15N3O2/c1-3-16-11(8-12(14)15-16)13(17)18-10-6-4-9(2)5-7-10/h4-8H,3H2,1-2H3,(H2,14,15). The Bertz CT molecular complexity index is 558. The molecule has 1 heterocycles. The van der Waals surface area contributed by atoms with E-state index in [1.807, 2.05) is 26.0 Å². The number of hydrogen-bond donors (Lipinski definition) is 1. The quantitative estimate of drug-likeness (QED) is 0.663. The molecule has 0 aliphatic heterocycles. The van der Waals surface area contributed by atoms with Crippen molar-refractivity contribution in [2.75, 3.05) is 5.73 Å². The molecule has 2 rings (SSSR count). The van der Waals surface area contributed by atoms with Crippen LogP contribution >= 0.6 is 0 Å². The SMILES string of the molecule is CCn1nc(N)cc1C(=O)Oc1ccc(C)cc1. The number of nitrogens with zero attached hydrogens (tertiary/aromatic N) is 2. The third-order valence-electron chi connectivity index (χ3n) is 2.54. The van der Waals surface area contributed by atoms with E-state index in [4.69, 9.17) is 10.5 Å². The number of hydrogen-bond acceptors (Lipinski definition) is 4. The summed E-state index contributed by atoms with van der Waals surface area (Å²) in [6, 6.07) is 8.79. The molecule has 0 fully saturated rings. The fraction of sp³-hybridized carbons (Fsp3) is 0.231. The van der Waals surface area contributed by atoms with Gasteiger partial charge in [-0.1, -0.05) is 17.7 Å². The molecule has 0 radical (unpaired) electrons. The van der Waals surface area contributed by atoms with E-state index in [0.29, 0.717) is 23.8 Å². The van der Waals surface area contributed by atoms with Crippen LogP contribution in [0.5, 0.6) is 5.75 Å². The first-order chi connectivity index (χ1) is 8.60. The Hall–Kier alpha value is -2.30. The van der Waals surface area contributed by atoms with Gasteiger partial charge in [0.1, 0.15) is 17.3 Å². The second kappa shape index (κ2) is 4.91. The van der Waals surface area contributed by atoms with Gasteiger partial charge in [-0.05, 0) is 26.0 Å². The Morgan fingerprint density at radius 1 is 1.39 bits per heavy atom. The monoisotopic (exact) mass is 245 g/mol. The second-order valence-electron chi connectivity index (χ2n) is 3.97.